The Labute approximate surface area is 178 Å². The normalized spacial score (nSPS) is 14.2. The summed E-state index contributed by atoms with van der Waals surface area (Å²) in [5.74, 6) is -0.858. The lowest BCUT2D eigenvalue weighted by molar-refractivity contribution is -0.274. The van der Waals surface area contributed by atoms with Crippen LogP contribution in [0.1, 0.15) is 23.1 Å². The molecule has 0 aromatic heterocycles. The van der Waals surface area contributed by atoms with E-state index in [2.05, 4.69) is 16.0 Å². The Balaban J connectivity index is 1.77. The maximum absolute atomic E-state index is 12.6. The number of nitrogens with zero attached hydrogens (tertiary/aromatic N) is 1. The Morgan fingerprint density at radius 3 is 2.48 bits per heavy atom. The molecule has 3 rings (SSSR count). The number of anilines is 2. The van der Waals surface area contributed by atoms with Gasteiger partial charge in [-0.3, -0.25) is 9.52 Å². The molecule has 1 aliphatic heterocycles. The first kappa shape index (κ1) is 22.7. The maximum Gasteiger partial charge on any atom is 0.573 e. The van der Waals surface area contributed by atoms with Gasteiger partial charge in [-0.2, -0.15) is 0 Å². The Kier molecular flexibility index (Phi) is 6.30. The van der Waals surface area contributed by atoms with Crippen LogP contribution in [0.5, 0.6) is 5.75 Å². The number of benzene rings is 2. The van der Waals surface area contributed by atoms with Crippen LogP contribution >= 0.6 is 0 Å². The van der Waals surface area contributed by atoms with Crippen molar-refractivity contribution < 1.29 is 31.1 Å². The lowest BCUT2D eigenvalue weighted by atomic mass is 9.97. The van der Waals surface area contributed by atoms with E-state index in [9.17, 15) is 26.4 Å². The summed E-state index contributed by atoms with van der Waals surface area (Å²) in [4.78, 5) is 13.8. The fourth-order valence-corrected chi connectivity index (χ4v) is 4.71. The summed E-state index contributed by atoms with van der Waals surface area (Å²) >= 11 is 0. The van der Waals surface area contributed by atoms with E-state index in [4.69, 9.17) is 0 Å². The van der Waals surface area contributed by atoms with Gasteiger partial charge in [0.2, 0.25) is 15.9 Å². The molecule has 1 N–H and O–H groups in total. The van der Waals surface area contributed by atoms with Crippen LogP contribution in [0.15, 0.2) is 49.1 Å². The van der Waals surface area contributed by atoms with Gasteiger partial charge in [-0.05, 0) is 54.3 Å². The van der Waals surface area contributed by atoms with Crippen molar-refractivity contribution in [1.29, 1.82) is 0 Å². The van der Waals surface area contributed by atoms with Crippen molar-refractivity contribution in [3.8, 4) is 5.75 Å². The fourth-order valence-electron chi connectivity index (χ4n) is 3.53. The van der Waals surface area contributed by atoms with Crippen LogP contribution < -0.4 is 14.4 Å². The van der Waals surface area contributed by atoms with Crippen molar-refractivity contribution in [3.63, 3.8) is 0 Å². The van der Waals surface area contributed by atoms with Crippen molar-refractivity contribution in [1.82, 2.24) is 0 Å². The topological polar surface area (TPSA) is 75.7 Å². The second kappa shape index (κ2) is 8.62. The molecule has 31 heavy (non-hydrogen) atoms. The zero-order valence-corrected chi connectivity index (χ0v) is 17.5. The summed E-state index contributed by atoms with van der Waals surface area (Å²) in [5, 5.41) is 0. The van der Waals surface area contributed by atoms with E-state index in [1.54, 1.807) is 30.0 Å². The molecule has 0 aliphatic carbocycles. The largest absolute Gasteiger partial charge is 0.573 e. The summed E-state index contributed by atoms with van der Waals surface area (Å²) < 4.78 is 68.2. The van der Waals surface area contributed by atoms with Gasteiger partial charge in [-0.1, -0.05) is 18.2 Å². The molecule has 0 atom stereocenters. The monoisotopic (exact) mass is 454 g/mol. The molecule has 166 valence electrons. The molecule has 10 heteroatoms. The number of alkyl halides is 3. The smallest absolute Gasteiger partial charge is 0.406 e. The average molecular weight is 454 g/mol. The van der Waals surface area contributed by atoms with Crippen molar-refractivity contribution in [2.75, 3.05) is 16.2 Å². The number of rotatable bonds is 7. The van der Waals surface area contributed by atoms with E-state index in [-0.39, 0.29) is 5.91 Å². The molecule has 0 fully saturated rings. The highest BCUT2D eigenvalue weighted by Crippen LogP contribution is 2.34. The van der Waals surface area contributed by atoms with Crippen LogP contribution in [0.25, 0.3) is 0 Å². The number of fused-ring (bicyclic) bond motifs is 1. The zero-order chi connectivity index (χ0) is 22.8. The number of nitrogens with one attached hydrogen (secondary N) is 1. The Morgan fingerprint density at radius 2 is 1.87 bits per heavy atom. The average Bonchev–Trinajstić information content (AvgIpc) is 2.64. The fraction of sp³-hybridized carbons (Fsp3) is 0.286. The van der Waals surface area contributed by atoms with Crippen molar-refractivity contribution in [2.24, 2.45) is 0 Å². The molecule has 6 nitrogen and oxygen atoms in total. The zero-order valence-electron chi connectivity index (χ0n) is 16.7. The summed E-state index contributed by atoms with van der Waals surface area (Å²) in [7, 11) is -3.82. The molecule has 0 radical (unpaired) electrons. The number of aryl methyl sites for hydroxylation is 2. The number of carbonyl (C=O) groups is 1. The Morgan fingerprint density at radius 1 is 1.19 bits per heavy atom. The van der Waals surface area contributed by atoms with Gasteiger partial charge in [0, 0.05) is 18.7 Å². The Bertz CT molecular complexity index is 1100. The highest BCUT2D eigenvalue weighted by molar-refractivity contribution is 7.91. The van der Waals surface area contributed by atoms with E-state index >= 15 is 0 Å². The minimum absolute atomic E-state index is 0.0122. The predicted octanol–water partition coefficient (Wildman–Crippen LogP) is 4.30. The lowest BCUT2D eigenvalue weighted by Crippen LogP contribution is -2.35. The van der Waals surface area contributed by atoms with Gasteiger partial charge in [0.1, 0.15) is 5.75 Å². The molecule has 0 spiro atoms. The lowest BCUT2D eigenvalue weighted by Gasteiger charge is -2.30. The van der Waals surface area contributed by atoms with E-state index < -0.39 is 27.9 Å². The standard InChI is InChI=1S/C21H21F3N2O4S/c1-3-10-26-19(27)9-6-16-12-17(11-14(2)20(16)26)25-31(28,29)13-15-4-7-18(8-5-15)30-21(22,23)24/h3-5,7-8,11-12,25H,1,6,9-10,13H2,2H3. The second-order valence-electron chi connectivity index (χ2n) is 7.15. The number of ether oxygens (including phenoxy) is 1. The first-order valence-corrected chi connectivity index (χ1v) is 11.0. The highest BCUT2D eigenvalue weighted by atomic mass is 32.2. The summed E-state index contributed by atoms with van der Waals surface area (Å²) in [6.07, 6.45) is -2.36. The van der Waals surface area contributed by atoms with Gasteiger partial charge in [0.25, 0.3) is 0 Å². The van der Waals surface area contributed by atoms with E-state index in [0.717, 1.165) is 28.9 Å². The van der Waals surface area contributed by atoms with Crippen LogP contribution in [0, 0.1) is 6.92 Å². The van der Waals surface area contributed by atoms with E-state index in [0.29, 0.717) is 30.6 Å². The van der Waals surface area contributed by atoms with Gasteiger partial charge in [0.05, 0.1) is 11.4 Å². The summed E-state index contributed by atoms with van der Waals surface area (Å²) in [6.45, 7) is 5.83. The molecule has 0 saturated heterocycles. The van der Waals surface area contributed by atoms with Crippen molar-refractivity contribution >= 4 is 27.3 Å². The molecule has 0 unspecified atom stereocenters. The quantitative estimate of drug-likeness (QED) is 0.633. The maximum atomic E-state index is 12.6. The second-order valence-corrected chi connectivity index (χ2v) is 8.87. The molecule has 2 aromatic carbocycles. The number of halogens is 3. The molecule has 1 amide bonds. The van der Waals surface area contributed by atoms with Crippen LogP contribution in [-0.4, -0.2) is 27.2 Å². The van der Waals surface area contributed by atoms with Gasteiger partial charge < -0.3 is 9.64 Å². The third-order valence-electron chi connectivity index (χ3n) is 4.66. The van der Waals surface area contributed by atoms with Gasteiger partial charge in [0.15, 0.2) is 0 Å². The minimum atomic E-state index is -4.81. The number of carbonyl (C=O) groups excluding carboxylic acids is 1. The SMILES string of the molecule is C=CCN1C(=O)CCc2cc(NS(=O)(=O)Cc3ccc(OC(F)(F)F)cc3)cc(C)c21. The van der Waals surface area contributed by atoms with E-state index in [1.807, 2.05) is 0 Å². The first-order valence-electron chi connectivity index (χ1n) is 9.37. The minimum Gasteiger partial charge on any atom is -0.406 e. The molecule has 1 aliphatic rings. The molecular formula is C21H21F3N2O4S. The summed E-state index contributed by atoms with van der Waals surface area (Å²) in [6, 6.07) is 7.99. The first-order chi connectivity index (χ1) is 14.5. The number of sulfonamides is 1. The number of hydrogen-bond acceptors (Lipinski definition) is 4. The summed E-state index contributed by atoms with van der Waals surface area (Å²) in [5.41, 5.74) is 3.03. The van der Waals surface area contributed by atoms with Gasteiger partial charge in [-0.15, -0.1) is 19.8 Å². The van der Waals surface area contributed by atoms with Crippen LogP contribution in [-0.2, 0) is 27.0 Å². The van der Waals surface area contributed by atoms with Crippen LogP contribution in [0.2, 0.25) is 0 Å². The predicted molar refractivity (Wildman–Crippen MR) is 111 cm³/mol. The Hall–Kier alpha value is -3.01. The third-order valence-corrected chi connectivity index (χ3v) is 5.92. The molecule has 1 heterocycles. The molecule has 2 aromatic rings. The van der Waals surface area contributed by atoms with Gasteiger partial charge >= 0.3 is 6.36 Å². The molecule has 0 bridgehead atoms. The van der Waals surface area contributed by atoms with Gasteiger partial charge in [-0.25, -0.2) is 8.42 Å². The number of hydrogen-bond donors (Lipinski definition) is 1. The van der Waals surface area contributed by atoms with Crippen molar-refractivity contribution in [3.05, 3.63) is 65.7 Å². The third kappa shape index (κ3) is 5.78. The molecule has 0 saturated carbocycles. The highest BCUT2D eigenvalue weighted by Gasteiger charge is 2.31. The van der Waals surface area contributed by atoms with Crippen LogP contribution in [0.4, 0.5) is 24.5 Å². The van der Waals surface area contributed by atoms with E-state index in [1.165, 1.54) is 12.1 Å². The van der Waals surface area contributed by atoms with Crippen LogP contribution in [0.3, 0.4) is 0 Å². The number of amides is 1. The van der Waals surface area contributed by atoms with Crippen molar-refractivity contribution in [2.45, 2.75) is 31.9 Å². The molecular weight excluding hydrogens is 433 g/mol.